The van der Waals surface area contributed by atoms with Gasteiger partial charge in [0.2, 0.25) is 23.6 Å². The van der Waals surface area contributed by atoms with Crippen LogP contribution in [0.25, 0.3) is 0 Å². The summed E-state index contributed by atoms with van der Waals surface area (Å²) >= 11 is 0. The molecule has 1 heterocycles. The number of amides is 5. The Morgan fingerprint density at radius 1 is 0.491 bits per heavy atom. The molecule has 0 aromatic heterocycles. The molecule has 21 nitrogen and oxygen atoms in total. The second-order valence-corrected chi connectivity index (χ2v) is 11.9. The first-order chi connectivity index (χ1) is 25.3. The number of carbonyl (C=O) groups is 8. The molecule has 1 fully saturated rings. The van der Waals surface area contributed by atoms with Gasteiger partial charge in [0.1, 0.15) is 6.61 Å². The molecular formula is C32H46N9O12-3. The van der Waals surface area contributed by atoms with Gasteiger partial charge in [-0.3, -0.25) is 38.8 Å². The van der Waals surface area contributed by atoms with Crippen LogP contribution in [0, 0.1) is 0 Å². The van der Waals surface area contributed by atoms with Crippen molar-refractivity contribution in [2.45, 2.75) is 6.61 Å². The van der Waals surface area contributed by atoms with Gasteiger partial charge in [0.05, 0.1) is 63.7 Å². The number of alkyl carbamates (subject to hydrolysis) is 1. The highest BCUT2D eigenvalue weighted by Crippen LogP contribution is 2.03. The standard InChI is InChI=1S/C32H49N9O12/c42-25(33-6-7-34-32(52)53-23-24-4-2-1-3-5-24)19-38-8-10-39(20-26(43)35-16-29(46)47)12-14-41(22-28(45)37-18-31(50)51)15-13-40(11-9-38)21-27(44)36-17-30(48)49/h1-5H,6-23H2,(H,33,42)(H,34,52)(H,35,43)(H,36,44)(H,37,45)(H,46,47)(H,48,49)(H,50,51)/p-3. The number of aliphatic carboxylic acids is 3. The molecule has 1 aromatic rings. The van der Waals surface area contributed by atoms with Crippen molar-refractivity contribution in [3.05, 3.63) is 35.9 Å². The Kier molecular flexibility index (Phi) is 20.4. The van der Waals surface area contributed by atoms with E-state index in [1.54, 1.807) is 19.6 Å². The molecule has 0 atom stereocenters. The number of hydrogen-bond donors (Lipinski definition) is 5. The second kappa shape index (κ2) is 24.7. The minimum Gasteiger partial charge on any atom is -0.548 e. The Hall–Kier alpha value is -5.38. The fourth-order valence-corrected chi connectivity index (χ4v) is 4.90. The molecule has 0 spiro atoms. The Balaban J connectivity index is 2.09. The monoisotopic (exact) mass is 748 g/mol. The highest BCUT2D eigenvalue weighted by atomic mass is 16.5. The van der Waals surface area contributed by atoms with Crippen LogP contribution in [-0.2, 0) is 44.9 Å². The Morgan fingerprint density at radius 3 is 1.15 bits per heavy atom. The Labute approximate surface area is 305 Å². The zero-order valence-electron chi connectivity index (χ0n) is 29.3. The van der Waals surface area contributed by atoms with E-state index in [2.05, 4.69) is 26.6 Å². The number of nitrogens with one attached hydrogen (secondary N) is 5. The summed E-state index contributed by atoms with van der Waals surface area (Å²) in [6, 6.07) is 9.08. The molecule has 53 heavy (non-hydrogen) atoms. The summed E-state index contributed by atoms with van der Waals surface area (Å²) in [5.41, 5.74) is 0.811. The van der Waals surface area contributed by atoms with Gasteiger partial charge in [-0.05, 0) is 5.56 Å². The number of carboxylic acid groups (broad SMARTS) is 3. The maximum Gasteiger partial charge on any atom is 0.407 e. The molecule has 0 aliphatic carbocycles. The third-order valence-corrected chi connectivity index (χ3v) is 7.62. The highest BCUT2D eigenvalue weighted by molar-refractivity contribution is 5.83. The van der Waals surface area contributed by atoms with E-state index >= 15 is 0 Å². The van der Waals surface area contributed by atoms with Crippen LogP contribution < -0.4 is 41.9 Å². The van der Waals surface area contributed by atoms with Gasteiger partial charge in [-0.15, -0.1) is 0 Å². The summed E-state index contributed by atoms with van der Waals surface area (Å²) in [7, 11) is 0. The van der Waals surface area contributed by atoms with Crippen molar-refractivity contribution in [2.75, 3.05) is 111 Å². The van der Waals surface area contributed by atoms with Crippen LogP contribution in [-0.4, -0.2) is 178 Å². The lowest BCUT2D eigenvalue weighted by molar-refractivity contribution is -0.305. The fraction of sp³-hybridized carbons (Fsp3) is 0.562. The van der Waals surface area contributed by atoms with Crippen LogP contribution in [0.4, 0.5) is 4.79 Å². The third kappa shape index (κ3) is 21.6. The van der Waals surface area contributed by atoms with Gasteiger partial charge in [-0.25, -0.2) is 4.79 Å². The number of hydrogen-bond acceptors (Lipinski definition) is 16. The van der Waals surface area contributed by atoms with Gasteiger partial charge in [0.25, 0.3) is 0 Å². The van der Waals surface area contributed by atoms with E-state index in [9.17, 15) is 53.7 Å². The van der Waals surface area contributed by atoms with E-state index < -0.39 is 61.4 Å². The lowest BCUT2D eigenvalue weighted by Gasteiger charge is -2.33. The molecule has 1 aliphatic heterocycles. The average molecular weight is 749 g/mol. The SMILES string of the molecule is O=C([O-])CNC(=O)CN1CCN(CC(=O)NCCNC(=O)OCc2ccccc2)CCN(CC(=O)NCC(=O)[O-])CCN(CC(=O)NCC(=O)[O-])CC1. The van der Waals surface area contributed by atoms with Gasteiger partial charge < -0.3 is 61.0 Å². The lowest BCUT2D eigenvalue weighted by atomic mass is 10.2. The van der Waals surface area contributed by atoms with Crippen LogP contribution in [0.1, 0.15) is 5.56 Å². The number of nitrogens with zero attached hydrogens (tertiary/aromatic N) is 4. The first-order valence-electron chi connectivity index (χ1n) is 16.8. The molecule has 0 saturated carbocycles. The lowest BCUT2D eigenvalue weighted by Crippen LogP contribution is -2.52. The molecule has 1 aromatic carbocycles. The van der Waals surface area contributed by atoms with E-state index in [0.29, 0.717) is 0 Å². The average Bonchev–Trinajstić information content (AvgIpc) is 3.11. The van der Waals surface area contributed by atoms with E-state index in [1.807, 2.05) is 30.3 Å². The second-order valence-electron chi connectivity index (χ2n) is 11.9. The number of carboxylic acids is 3. The van der Waals surface area contributed by atoms with E-state index in [0.717, 1.165) is 5.56 Å². The van der Waals surface area contributed by atoms with Gasteiger partial charge in [-0.2, -0.15) is 0 Å². The topological polar surface area (TPSA) is 288 Å². The van der Waals surface area contributed by atoms with Gasteiger partial charge in [0.15, 0.2) is 0 Å². The predicted molar refractivity (Wildman–Crippen MR) is 177 cm³/mol. The summed E-state index contributed by atoms with van der Waals surface area (Å²) in [6.07, 6.45) is -0.657. The fourth-order valence-electron chi connectivity index (χ4n) is 4.90. The molecule has 1 aliphatic rings. The summed E-state index contributed by atoms with van der Waals surface area (Å²) in [5.74, 6) is -6.65. The molecular weight excluding hydrogens is 702 g/mol. The van der Waals surface area contributed by atoms with Crippen LogP contribution in [0.15, 0.2) is 30.3 Å². The Bertz CT molecular complexity index is 1340. The molecule has 294 valence electrons. The summed E-state index contributed by atoms with van der Waals surface area (Å²) in [4.78, 5) is 102. The largest absolute Gasteiger partial charge is 0.548 e. The smallest absolute Gasteiger partial charge is 0.407 e. The molecule has 1 saturated heterocycles. The molecule has 2 rings (SSSR count). The van der Waals surface area contributed by atoms with Crippen molar-refractivity contribution in [3.8, 4) is 0 Å². The summed E-state index contributed by atoms with van der Waals surface area (Å²) in [5, 5.41) is 44.5. The van der Waals surface area contributed by atoms with Crippen LogP contribution in [0.3, 0.4) is 0 Å². The van der Waals surface area contributed by atoms with Crippen LogP contribution in [0.5, 0.6) is 0 Å². The summed E-state index contributed by atoms with van der Waals surface area (Å²) in [6.45, 7) is -1.06. The van der Waals surface area contributed by atoms with Gasteiger partial charge in [-0.1, -0.05) is 30.3 Å². The summed E-state index contributed by atoms with van der Waals surface area (Å²) < 4.78 is 5.15. The first-order valence-corrected chi connectivity index (χ1v) is 16.8. The van der Waals surface area contributed by atoms with Crippen molar-refractivity contribution in [1.29, 1.82) is 0 Å². The van der Waals surface area contributed by atoms with Crippen molar-refractivity contribution >= 4 is 47.6 Å². The molecule has 0 radical (unpaired) electrons. The number of ether oxygens (including phenoxy) is 1. The van der Waals surface area contributed by atoms with Crippen molar-refractivity contribution in [3.63, 3.8) is 0 Å². The molecule has 0 bridgehead atoms. The first kappa shape index (κ1) is 43.8. The van der Waals surface area contributed by atoms with E-state index in [-0.39, 0.29) is 104 Å². The van der Waals surface area contributed by atoms with Crippen molar-refractivity contribution < 1.29 is 58.4 Å². The zero-order valence-corrected chi connectivity index (χ0v) is 29.3. The maximum absolute atomic E-state index is 12.9. The molecule has 5 amide bonds. The molecule has 0 unspecified atom stereocenters. The quantitative estimate of drug-likeness (QED) is 0.0821. The number of benzene rings is 1. The van der Waals surface area contributed by atoms with Crippen LogP contribution in [0.2, 0.25) is 0 Å². The normalized spacial score (nSPS) is 15.1. The zero-order chi connectivity index (χ0) is 39.0. The third-order valence-electron chi connectivity index (χ3n) is 7.62. The van der Waals surface area contributed by atoms with Crippen molar-refractivity contribution in [1.82, 2.24) is 46.2 Å². The van der Waals surface area contributed by atoms with E-state index in [4.69, 9.17) is 4.74 Å². The van der Waals surface area contributed by atoms with E-state index in [1.165, 1.54) is 0 Å². The number of rotatable bonds is 19. The molecule has 5 N–H and O–H groups in total. The minimum atomic E-state index is -1.48. The Morgan fingerprint density at radius 2 is 0.811 bits per heavy atom. The predicted octanol–water partition coefficient (Wildman–Crippen LogP) is -8.15. The van der Waals surface area contributed by atoms with Gasteiger partial charge >= 0.3 is 6.09 Å². The maximum atomic E-state index is 12.9. The van der Waals surface area contributed by atoms with Crippen LogP contribution >= 0.6 is 0 Å². The molecule has 21 heteroatoms. The number of carbonyl (C=O) groups excluding carboxylic acids is 8. The van der Waals surface area contributed by atoms with Gasteiger partial charge in [0, 0.05) is 65.4 Å². The highest BCUT2D eigenvalue weighted by Gasteiger charge is 2.21. The minimum absolute atomic E-state index is 0.0803. The van der Waals surface area contributed by atoms with Crippen molar-refractivity contribution in [2.24, 2.45) is 0 Å².